The maximum Gasteiger partial charge on any atom is 0.214 e. The minimum Gasteiger partial charge on any atom is -0.493 e. The molecular weight excluding hydrogens is 346 g/mol. The Bertz CT molecular complexity index is 900. The number of fused-ring (bicyclic) bond motifs is 1. The Morgan fingerprint density at radius 3 is 2.71 bits per heavy atom. The number of carbonyl (C=O) groups excluding carboxylic acids is 1. The molecule has 4 nitrogen and oxygen atoms in total. The number of halogens is 1. The second-order valence-corrected chi connectivity index (χ2v) is 6.36. The van der Waals surface area contributed by atoms with Gasteiger partial charge in [-0.3, -0.25) is 4.79 Å². The smallest absolute Gasteiger partial charge is 0.214 e. The Hall–Kier alpha value is -2.37. The zero-order valence-electron chi connectivity index (χ0n) is 13.1. The van der Waals surface area contributed by atoms with E-state index in [-0.39, 0.29) is 5.78 Å². The highest BCUT2D eigenvalue weighted by Gasteiger charge is 2.11. The number of allylic oxidation sites excluding steroid dienone is 1. The summed E-state index contributed by atoms with van der Waals surface area (Å²) in [7, 11) is 3.06. The molecule has 6 heteroatoms. The molecular formula is C18H14ClNO3S. The zero-order valence-corrected chi connectivity index (χ0v) is 14.6. The molecule has 0 unspecified atom stereocenters. The average Bonchev–Trinajstić information content (AvgIpc) is 3.03. The molecule has 0 bridgehead atoms. The lowest BCUT2D eigenvalue weighted by atomic mass is 10.1. The van der Waals surface area contributed by atoms with Gasteiger partial charge >= 0.3 is 0 Å². The first-order valence-electron chi connectivity index (χ1n) is 7.12. The van der Waals surface area contributed by atoms with E-state index in [1.54, 1.807) is 18.2 Å². The van der Waals surface area contributed by atoms with E-state index in [0.29, 0.717) is 21.5 Å². The largest absolute Gasteiger partial charge is 0.493 e. The molecule has 0 saturated heterocycles. The van der Waals surface area contributed by atoms with Crippen molar-refractivity contribution in [2.45, 2.75) is 0 Å². The minimum atomic E-state index is -0.151. The monoisotopic (exact) mass is 359 g/mol. The zero-order chi connectivity index (χ0) is 17.1. The van der Waals surface area contributed by atoms with Crippen LogP contribution in [0.2, 0.25) is 5.02 Å². The molecule has 0 fully saturated rings. The molecule has 0 saturated carbocycles. The second-order valence-electron chi connectivity index (χ2n) is 4.92. The summed E-state index contributed by atoms with van der Waals surface area (Å²) in [4.78, 5) is 16.7. The highest BCUT2D eigenvalue weighted by molar-refractivity contribution is 7.20. The molecule has 1 aromatic heterocycles. The molecule has 0 spiro atoms. The van der Waals surface area contributed by atoms with E-state index in [1.165, 1.54) is 31.6 Å². The normalized spacial score (nSPS) is 11.1. The van der Waals surface area contributed by atoms with Gasteiger partial charge < -0.3 is 9.47 Å². The van der Waals surface area contributed by atoms with Gasteiger partial charge in [0.2, 0.25) is 5.78 Å². The number of methoxy groups -OCH3 is 2. The Morgan fingerprint density at radius 2 is 2.00 bits per heavy atom. The van der Waals surface area contributed by atoms with Gasteiger partial charge in [0.25, 0.3) is 0 Å². The fraction of sp³-hybridized carbons (Fsp3) is 0.111. The van der Waals surface area contributed by atoms with Crippen molar-refractivity contribution in [3.8, 4) is 11.5 Å². The van der Waals surface area contributed by atoms with Gasteiger partial charge in [-0.05, 0) is 35.9 Å². The second kappa shape index (κ2) is 7.03. The van der Waals surface area contributed by atoms with Crippen molar-refractivity contribution < 1.29 is 14.3 Å². The fourth-order valence-electron chi connectivity index (χ4n) is 2.25. The van der Waals surface area contributed by atoms with Gasteiger partial charge in [0.15, 0.2) is 16.5 Å². The van der Waals surface area contributed by atoms with Gasteiger partial charge in [0.1, 0.15) is 0 Å². The van der Waals surface area contributed by atoms with E-state index < -0.39 is 0 Å². The van der Waals surface area contributed by atoms with Crippen LogP contribution in [-0.2, 0) is 0 Å². The maximum absolute atomic E-state index is 12.3. The van der Waals surface area contributed by atoms with Gasteiger partial charge in [0.05, 0.1) is 29.5 Å². The van der Waals surface area contributed by atoms with Crippen molar-refractivity contribution >= 4 is 45.0 Å². The Morgan fingerprint density at radius 1 is 1.21 bits per heavy atom. The lowest BCUT2D eigenvalue weighted by Gasteiger charge is -2.10. The number of hydrogen-bond donors (Lipinski definition) is 0. The molecule has 2 aromatic carbocycles. The number of ether oxygens (including phenoxy) is 2. The van der Waals surface area contributed by atoms with Crippen molar-refractivity contribution in [3.63, 3.8) is 0 Å². The highest BCUT2D eigenvalue weighted by Crippen LogP contribution is 2.36. The fourth-order valence-corrected chi connectivity index (χ4v) is 3.44. The average molecular weight is 360 g/mol. The van der Waals surface area contributed by atoms with Crippen LogP contribution in [0.25, 0.3) is 16.3 Å². The summed E-state index contributed by atoms with van der Waals surface area (Å²) in [6.45, 7) is 0. The molecule has 3 rings (SSSR count). The number of thiazole rings is 1. The van der Waals surface area contributed by atoms with Gasteiger partial charge in [-0.1, -0.05) is 29.8 Å². The molecule has 0 aliphatic rings. The number of rotatable bonds is 5. The lowest BCUT2D eigenvalue weighted by Crippen LogP contribution is -1.94. The number of carbonyl (C=O) groups is 1. The van der Waals surface area contributed by atoms with Crippen molar-refractivity contribution in [2.24, 2.45) is 0 Å². The molecule has 0 aliphatic carbocycles. The molecule has 0 aliphatic heterocycles. The lowest BCUT2D eigenvalue weighted by molar-refractivity contribution is 0.104. The first kappa shape index (κ1) is 16.5. The van der Waals surface area contributed by atoms with Gasteiger partial charge in [-0.2, -0.15) is 0 Å². The Labute approximate surface area is 148 Å². The van der Waals surface area contributed by atoms with Crippen LogP contribution >= 0.6 is 22.9 Å². The number of hydrogen-bond acceptors (Lipinski definition) is 5. The number of nitrogens with zero attached hydrogens (tertiary/aromatic N) is 1. The van der Waals surface area contributed by atoms with Crippen LogP contribution in [0.3, 0.4) is 0 Å². The van der Waals surface area contributed by atoms with E-state index in [9.17, 15) is 4.79 Å². The third-order valence-corrected chi connectivity index (χ3v) is 4.72. The van der Waals surface area contributed by atoms with Crippen LogP contribution in [0.4, 0.5) is 0 Å². The summed E-state index contributed by atoms with van der Waals surface area (Å²) in [5, 5.41) is 0.878. The van der Waals surface area contributed by atoms with Crippen molar-refractivity contribution in [3.05, 3.63) is 58.1 Å². The summed E-state index contributed by atoms with van der Waals surface area (Å²) in [5.41, 5.74) is 1.57. The summed E-state index contributed by atoms with van der Waals surface area (Å²) >= 11 is 7.54. The van der Waals surface area contributed by atoms with Crippen LogP contribution < -0.4 is 9.47 Å². The summed E-state index contributed by atoms with van der Waals surface area (Å²) < 4.78 is 11.4. The van der Waals surface area contributed by atoms with Gasteiger partial charge in [-0.25, -0.2) is 4.98 Å². The van der Waals surface area contributed by atoms with Gasteiger partial charge in [-0.15, -0.1) is 11.3 Å². The molecule has 3 aromatic rings. The Balaban J connectivity index is 1.87. The number of para-hydroxylation sites is 1. The predicted octanol–water partition coefficient (Wildman–Crippen LogP) is 4.86. The molecule has 1 heterocycles. The number of benzene rings is 2. The SMILES string of the molecule is COc1cc(C=CC(=O)c2nc3ccccc3s2)cc(Cl)c1OC. The van der Waals surface area contributed by atoms with Crippen LogP contribution in [0.1, 0.15) is 15.4 Å². The van der Waals surface area contributed by atoms with Crippen molar-refractivity contribution in [1.29, 1.82) is 0 Å². The van der Waals surface area contributed by atoms with E-state index in [0.717, 1.165) is 15.8 Å². The summed E-state index contributed by atoms with van der Waals surface area (Å²) in [6.07, 6.45) is 3.16. The van der Waals surface area contributed by atoms with Crippen molar-refractivity contribution in [2.75, 3.05) is 14.2 Å². The van der Waals surface area contributed by atoms with Crippen LogP contribution in [-0.4, -0.2) is 25.0 Å². The number of aromatic nitrogens is 1. The molecule has 0 radical (unpaired) electrons. The minimum absolute atomic E-state index is 0.151. The van der Waals surface area contributed by atoms with Crippen LogP contribution in [0.5, 0.6) is 11.5 Å². The van der Waals surface area contributed by atoms with Gasteiger partial charge in [0, 0.05) is 0 Å². The molecule has 24 heavy (non-hydrogen) atoms. The molecule has 0 N–H and O–H groups in total. The molecule has 122 valence electrons. The van der Waals surface area contributed by atoms with Crippen LogP contribution in [0, 0.1) is 0 Å². The van der Waals surface area contributed by atoms with E-state index in [4.69, 9.17) is 21.1 Å². The third-order valence-electron chi connectivity index (χ3n) is 3.39. The van der Waals surface area contributed by atoms with Crippen molar-refractivity contribution in [1.82, 2.24) is 4.98 Å². The summed E-state index contributed by atoms with van der Waals surface area (Å²) in [5.74, 6) is 0.827. The van der Waals surface area contributed by atoms with E-state index in [2.05, 4.69) is 4.98 Å². The van der Waals surface area contributed by atoms with E-state index in [1.807, 2.05) is 24.3 Å². The predicted molar refractivity (Wildman–Crippen MR) is 97.5 cm³/mol. The molecule has 0 amide bonds. The Kier molecular flexibility index (Phi) is 4.83. The van der Waals surface area contributed by atoms with E-state index >= 15 is 0 Å². The molecule has 0 atom stereocenters. The number of ketones is 1. The quantitative estimate of drug-likeness (QED) is 0.482. The third kappa shape index (κ3) is 3.27. The first-order valence-corrected chi connectivity index (χ1v) is 8.31. The van der Waals surface area contributed by atoms with Crippen LogP contribution in [0.15, 0.2) is 42.5 Å². The highest BCUT2D eigenvalue weighted by atomic mass is 35.5. The summed E-state index contributed by atoms with van der Waals surface area (Å²) in [6, 6.07) is 11.1. The first-order chi connectivity index (χ1) is 11.6. The maximum atomic E-state index is 12.3. The topological polar surface area (TPSA) is 48.4 Å². The standard InChI is InChI=1S/C18H14ClNO3S/c1-22-15-10-11(9-12(19)17(15)23-2)7-8-14(21)18-20-13-5-3-4-6-16(13)24-18/h3-10H,1-2H3.